The van der Waals surface area contributed by atoms with E-state index in [0.717, 1.165) is 63.4 Å². The normalized spacial score (nSPS) is 17.6. The van der Waals surface area contributed by atoms with E-state index in [1.165, 1.54) is 0 Å². The molecule has 12 nitrogen and oxygen atoms in total. The molecule has 45 heavy (non-hydrogen) atoms. The number of methoxy groups -OCH3 is 1. The van der Waals surface area contributed by atoms with Crippen LogP contribution < -0.4 is 40.9 Å². The van der Waals surface area contributed by atoms with E-state index in [1.54, 1.807) is 38.8 Å². The van der Waals surface area contributed by atoms with Gasteiger partial charge < -0.3 is 39.4 Å². The monoisotopic (exact) mass is 696 g/mol. The van der Waals surface area contributed by atoms with Crippen molar-refractivity contribution in [2.45, 2.75) is 18.9 Å². The smallest absolute Gasteiger partial charge is 0.229 e. The summed E-state index contributed by atoms with van der Waals surface area (Å²) in [5.41, 5.74) is 5.36. The topological polar surface area (TPSA) is 116 Å². The number of nitrogens with zero attached hydrogens (tertiary/aromatic N) is 5. The molecule has 0 bridgehead atoms. The summed E-state index contributed by atoms with van der Waals surface area (Å²) in [7, 11) is 1.04. The molecule has 1 aromatic heterocycles. The highest BCUT2D eigenvalue weighted by Crippen LogP contribution is 2.47. The average molecular weight is 698 g/mol. The number of terminal acetylenes is 1. The number of nitrogens with one attached hydrogen (secondary N) is 3. The maximum Gasteiger partial charge on any atom is 0.229 e. The number of piperidine rings is 1. The summed E-state index contributed by atoms with van der Waals surface area (Å²) in [5, 5.41) is 7.07. The summed E-state index contributed by atoms with van der Waals surface area (Å²) >= 11 is 3.53. The Kier molecular flexibility index (Phi) is 9.13. The first kappa shape index (κ1) is 31.5. The minimum absolute atomic E-state index is 0.322. The van der Waals surface area contributed by atoms with Gasteiger partial charge in [0.2, 0.25) is 11.7 Å². The molecule has 4 heterocycles. The van der Waals surface area contributed by atoms with Crippen LogP contribution in [-0.2, 0) is 4.57 Å². The Morgan fingerprint density at radius 1 is 1.09 bits per heavy atom. The van der Waals surface area contributed by atoms with Crippen molar-refractivity contribution in [3.63, 3.8) is 0 Å². The van der Waals surface area contributed by atoms with Gasteiger partial charge in [0.15, 0.2) is 5.75 Å². The number of halogens is 1. The van der Waals surface area contributed by atoms with Crippen LogP contribution >= 0.6 is 23.1 Å². The van der Waals surface area contributed by atoms with Crippen LogP contribution in [0.25, 0.3) is 0 Å². The molecule has 2 saturated heterocycles. The van der Waals surface area contributed by atoms with Gasteiger partial charge in [0.05, 0.1) is 33.9 Å². The lowest BCUT2D eigenvalue weighted by Gasteiger charge is -2.42. The molecule has 6 rings (SSSR count). The van der Waals surface area contributed by atoms with Crippen molar-refractivity contribution in [3.8, 4) is 29.6 Å². The molecule has 0 saturated carbocycles. The van der Waals surface area contributed by atoms with E-state index in [9.17, 15) is 4.57 Å². The molecule has 3 N–H and O–H groups in total. The fraction of sp³-hybridized carbons (Fsp3) is 0.419. The van der Waals surface area contributed by atoms with E-state index in [1.807, 2.05) is 12.1 Å². The van der Waals surface area contributed by atoms with Crippen molar-refractivity contribution in [1.82, 2.24) is 25.4 Å². The Morgan fingerprint density at radius 3 is 2.53 bits per heavy atom. The number of likely N-dealkylation sites (N-methyl/N-ethyl adjacent to an activating group) is 1. The zero-order valence-corrected chi connectivity index (χ0v) is 28.4. The minimum Gasteiger partial charge on any atom is -0.494 e. The lowest BCUT2D eigenvalue weighted by molar-refractivity contribution is 0.0265. The highest BCUT2D eigenvalue weighted by atomic mass is 79.9. The molecule has 238 valence electrons. The van der Waals surface area contributed by atoms with Gasteiger partial charge in [-0.3, -0.25) is 4.90 Å². The van der Waals surface area contributed by atoms with E-state index < -0.39 is 7.14 Å². The first-order chi connectivity index (χ1) is 21.6. The van der Waals surface area contributed by atoms with Crippen LogP contribution in [0.1, 0.15) is 18.4 Å². The average Bonchev–Trinajstić information content (AvgIpc) is 3.51. The predicted octanol–water partition coefficient (Wildman–Crippen LogP) is 4.37. The van der Waals surface area contributed by atoms with Crippen LogP contribution in [-0.4, -0.2) is 92.6 Å². The molecule has 14 heteroatoms. The van der Waals surface area contributed by atoms with E-state index in [2.05, 4.69) is 64.9 Å². The first-order valence-electron chi connectivity index (χ1n) is 14.9. The predicted molar refractivity (Wildman–Crippen MR) is 181 cm³/mol. The summed E-state index contributed by atoms with van der Waals surface area (Å²) < 4.78 is 19.7. The molecule has 2 fully saturated rings. The molecule has 0 aliphatic carbocycles. The van der Waals surface area contributed by atoms with Crippen molar-refractivity contribution in [2.24, 2.45) is 0 Å². The number of hydrogen-bond acceptors (Lipinski definition) is 12. The lowest BCUT2D eigenvalue weighted by Crippen LogP contribution is -2.52. The van der Waals surface area contributed by atoms with Gasteiger partial charge in [0.1, 0.15) is 18.7 Å². The lowest BCUT2D eigenvalue weighted by atomic mass is 10.00. The number of aromatic nitrogens is 2. The zero-order chi connectivity index (χ0) is 31.7. The van der Waals surface area contributed by atoms with Gasteiger partial charge in [0.25, 0.3) is 0 Å². The number of ether oxygens (including phenoxy) is 1. The molecule has 0 atom stereocenters. The molecule has 3 aliphatic rings. The third kappa shape index (κ3) is 6.71. The van der Waals surface area contributed by atoms with Gasteiger partial charge in [0, 0.05) is 68.8 Å². The quantitative estimate of drug-likeness (QED) is 0.229. The van der Waals surface area contributed by atoms with Crippen LogP contribution in [0.3, 0.4) is 0 Å². The van der Waals surface area contributed by atoms with Crippen molar-refractivity contribution < 1.29 is 19.0 Å². The van der Waals surface area contributed by atoms with E-state index >= 15 is 0 Å². The minimum atomic E-state index is -2.79. The third-order valence-corrected chi connectivity index (χ3v) is 10.6. The maximum atomic E-state index is 13.3. The number of anilines is 5. The highest BCUT2D eigenvalue weighted by Gasteiger charge is 2.30. The summed E-state index contributed by atoms with van der Waals surface area (Å²) in [4.78, 5) is 27.3. The van der Waals surface area contributed by atoms with Crippen LogP contribution in [0, 0.1) is 12.3 Å². The Bertz CT molecular complexity index is 1660. The van der Waals surface area contributed by atoms with Gasteiger partial charge >= 0.3 is 0 Å². The Balaban J connectivity index is 1.21. The Morgan fingerprint density at radius 2 is 1.84 bits per heavy atom. The van der Waals surface area contributed by atoms with Crippen LogP contribution in [0.15, 0.2) is 34.9 Å². The van der Waals surface area contributed by atoms with Gasteiger partial charge in [-0.2, -0.15) is 4.98 Å². The van der Waals surface area contributed by atoms with Crippen molar-refractivity contribution >= 4 is 57.2 Å². The summed E-state index contributed by atoms with van der Waals surface area (Å²) in [6.07, 6.45) is 9.88. The second kappa shape index (κ2) is 13.1. The van der Waals surface area contributed by atoms with Crippen LogP contribution in [0.2, 0.25) is 0 Å². The fourth-order valence-corrected chi connectivity index (χ4v) is 7.76. The zero-order valence-electron chi connectivity index (χ0n) is 25.9. The molecule has 3 aromatic rings. The molecular formula is C31H38BrN8O4P. The van der Waals surface area contributed by atoms with Gasteiger partial charge in [-0.15, -0.1) is 6.42 Å². The summed E-state index contributed by atoms with van der Waals surface area (Å²) in [5.74, 6) is 5.14. The maximum absolute atomic E-state index is 13.3. The highest BCUT2D eigenvalue weighted by molar-refractivity contribution is 9.10. The number of piperazine rings is 1. The van der Waals surface area contributed by atoms with Crippen LogP contribution in [0.5, 0.6) is 17.2 Å². The Hall–Kier alpha value is -3.53. The second-order valence-corrected chi connectivity index (χ2v) is 15.8. The standard InChI is InChI=1S/C31H38BrN8O4P/c1-6-20-17-24(27(42-3)18-25(20)40-11-9-21(10-12-40)39-15-13-38(2)14-16-39)35-31-33-19-22(32)30(36-31)34-23-7-8-26-28(44-37-43-26)29(23)45(4,5)41/h1,7-8,17-19,21,37H,9-16H2,2-5H3,(H2,33,34,35,36). The third-order valence-electron chi connectivity index (χ3n) is 8.51. The molecule has 0 spiro atoms. The van der Waals surface area contributed by atoms with Crippen molar-refractivity contribution in [1.29, 1.82) is 0 Å². The second-order valence-electron chi connectivity index (χ2n) is 11.8. The molecule has 3 aliphatic heterocycles. The van der Waals surface area contributed by atoms with Crippen molar-refractivity contribution in [2.75, 3.05) is 82.3 Å². The first-order valence-corrected chi connectivity index (χ1v) is 18.3. The van der Waals surface area contributed by atoms with E-state index in [-0.39, 0.29) is 0 Å². The van der Waals surface area contributed by atoms with Gasteiger partial charge in [-0.05, 0) is 67.3 Å². The molecule has 0 unspecified atom stereocenters. The number of fused-ring (bicyclic) bond motifs is 1. The Labute approximate surface area is 272 Å². The van der Waals surface area contributed by atoms with Crippen molar-refractivity contribution in [3.05, 3.63) is 40.5 Å². The molecule has 0 amide bonds. The van der Waals surface area contributed by atoms with E-state index in [4.69, 9.17) is 25.8 Å². The summed E-state index contributed by atoms with van der Waals surface area (Å²) in [6.45, 7) is 9.74. The molecule has 2 aromatic carbocycles. The SMILES string of the molecule is C#Cc1cc(Nc2ncc(Br)c(Nc3ccc4c(c3P(C)(C)=O)ONO4)n2)c(OC)cc1N1CCC(N2CCN(C)CC2)CC1. The number of rotatable bonds is 8. The number of benzene rings is 2. The summed E-state index contributed by atoms with van der Waals surface area (Å²) in [6, 6.07) is 8.02. The molecular weight excluding hydrogens is 659 g/mol. The van der Waals surface area contributed by atoms with E-state index in [0.29, 0.717) is 56.2 Å². The molecule has 0 radical (unpaired) electrons. The largest absolute Gasteiger partial charge is 0.494 e. The van der Waals surface area contributed by atoms with Gasteiger partial charge in [-0.25, -0.2) is 4.98 Å². The van der Waals surface area contributed by atoms with Gasteiger partial charge in [-0.1, -0.05) is 5.92 Å². The fourth-order valence-electron chi connectivity index (χ4n) is 6.11. The number of hydrogen-bond donors (Lipinski definition) is 3. The van der Waals surface area contributed by atoms with Crippen LogP contribution in [0.4, 0.5) is 28.8 Å².